The number of nitrogens with one attached hydrogen (secondary N) is 2. The first-order valence-electron chi connectivity index (χ1n) is 5.24. The van der Waals surface area contributed by atoms with Crippen LogP contribution in [0.15, 0.2) is 18.5 Å². The molecule has 1 atom stereocenters. The van der Waals surface area contributed by atoms with Gasteiger partial charge in [-0.25, -0.2) is 0 Å². The molecule has 1 aliphatic rings. The van der Waals surface area contributed by atoms with Crippen LogP contribution in [0.25, 0.3) is 0 Å². The van der Waals surface area contributed by atoms with Gasteiger partial charge in [-0.3, -0.25) is 4.98 Å². The van der Waals surface area contributed by atoms with Crippen molar-refractivity contribution < 1.29 is 0 Å². The zero-order valence-electron chi connectivity index (χ0n) is 8.59. The summed E-state index contributed by atoms with van der Waals surface area (Å²) >= 11 is 0. The first-order chi connectivity index (χ1) is 6.86. The Balaban J connectivity index is 1.88. The molecule has 1 aromatic rings. The molecule has 0 amide bonds. The van der Waals surface area contributed by atoms with Crippen LogP contribution in [0, 0.1) is 6.92 Å². The van der Waals surface area contributed by atoms with E-state index in [1.807, 2.05) is 18.5 Å². The molecule has 0 aromatic carbocycles. The van der Waals surface area contributed by atoms with Gasteiger partial charge < -0.3 is 10.6 Å². The number of aromatic nitrogens is 1. The molecule has 2 rings (SSSR count). The Morgan fingerprint density at radius 2 is 2.57 bits per heavy atom. The fourth-order valence-corrected chi connectivity index (χ4v) is 1.84. The van der Waals surface area contributed by atoms with Gasteiger partial charge in [-0.15, -0.1) is 0 Å². The Kier molecular flexibility index (Phi) is 2.99. The molecule has 1 fully saturated rings. The van der Waals surface area contributed by atoms with Crippen molar-refractivity contribution in [1.82, 2.24) is 10.3 Å². The third-order valence-corrected chi connectivity index (χ3v) is 2.72. The number of hydrogen-bond donors (Lipinski definition) is 2. The summed E-state index contributed by atoms with van der Waals surface area (Å²) < 4.78 is 0. The van der Waals surface area contributed by atoms with Crippen LogP contribution >= 0.6 is 0 Å². The fourth-order valence-electron chi connectivity index (χ4n) is 1.84. The summed E-state index contributed by atoms with van der Waals surface area (Å²) in [5.74, 6) is 0. The van der Waals surface area contributed by atoms with Crippen molar-refractivity contribution >= 4 is 5.69 Å². The third-order valence-electron chi connectivity index (χ3n) is 2.72. The van der Waals surface area contributed by atoms with Crippen LogP contribution in [-0.2, 0) is 0 Å². The van der Waals surface area contributed by atoms with Crippen molar-refractivity contribution in [3.8, 4) is 0 Å². The van der Waals surface area contributed by atoms with E-state index in [9.17, 15) is 0 Å². The normalized spacial score (nSPS) is 21.1. The number of anilines is 1. The van der Waals surface area contributed by atoms with E-state index in [0.717, 1.165) is 6.54 Å². The van der Waals surface area contributed by atoms with E-state index < -0.39 is 0 Å². The maximum absolute atomic E-state index is 4.07. The molecule has 1 aromatic heterocycles. The lowest BCUT2D eigenvalue weighted by Gasteiger charge is -2.13. The summed E-state index contributed by atoms with van der Waals surface area (Å²) in [5.41, 5.74) is 2.42. The molecule has 3 nitrogen and oxygen atoms in total. The standard InChI is InChI=1S/C11H17N3/c1-9-7-12-6-4-11(9)14-8-10-3-2-5-13-10/h4,6-7,10,13H,2-3,5,8H2,1H3,(H,12,14). The van der Waals surface area contributed by atoms with E-state index in [-0.39, 0.29) is 0 Å². The zero-order valence-corrected chi connectivity index (χ0v) is 8.59. The minimum Gasteiger partial charge on any atom is -0.383 e. The molecule has 2 N–H and O–H groups in total. The van der Waals surface area contributed by atoms with Crippen LogP contribution in [-0.4, -0.2) is 24.1 Å². The fraction of sp³-hybridized carbons (Fsp3) is 0.545. The minimum absolute atomic E-state index is 0.641. The van der Waals surface area contributed by atoms with Crippen LogP contribution < -0.4 is 10.6 Å². The molecule has 1 saturated heterocycles. The number of aryl methyl sites for hydroxylation is 1. The SMILES string of the molecule is Cc1cnccc1NCC1CCCN1. The molecule has 14 heavy (non-hydrogen) atoms. The van der Waals surface area contributed by atoms with Crippen LogP contribution in [0.5, 0.6) is 0 Å². The summed E-state index contributed by atoms with van der Waals surface area (Å²) in [5, 5.41) is 6.92. The second kappa shape index (κ2) is 4.42. The van der Waals surface area contributed by atoms with Gasteiger partial charge in [0.25, 0.3) is 0 Å². The average molecular weight is 191 g/mol. The summed E-state index contributed by atoms with van der Waals surface area (Å²) in [6, 6.07) is 2.67. The molecular weight excluding hydrogens is 174 g/mol. The lowest BCUT2D eigenvalue weighted by Crippen LogP contribution is -2.29. The highest BCUT2D eigenvalue weighted by atomic mass is 15.0. The van der Waals surface area contributed by atoms with Crippen molar-refractivity contribution in [3.05, 3.63) is 24.0 Å². The van der Waals surface area contributed by atoms with Gasteiger partial charge in [0.1, 0.15) is 0 Å². The summed E-state index contributed by atoms with van der Waals surface area (Å²) in [6.45, 7) is 4.27. The van der Waals surface area contributed by atoms with Crippen molar-refractivity contribution in [1.29, 1.82) is 0 Å². The molecule has 2 heterocycles. The second-order valence-electron chi connectivity index (χ2n) is 3.86. The van der Waals surface area contributed by atoms with Crippen LogP contribution in [0.4, 0.5) is 5.69 Å². The maximum atomic E-state index is 4.07. The van der Waals surface area contributed by atoms with E-state index in [1.54, 1.807) is 0 Å². The predicted octanol–water partition coefficient (Wildman–Crippen LogP) is 1.55. The molecule has 3 heteroatoms. The third kappa shape index (κ3) is 2.23. The van der Waals surface area contributed by atoms with Gasteiger partial charge in [0, 0.05) is 30.7 Å². The smallest absolute Gasteiger partial charge is 0.0401 e. The Morgan fingerprint density at radius 3 is 3.29 bits per heavy atom. The number of nitrogens with zero attached hydrogens (tertiary/aromatic N) is 1. The van der Waals surface area contributed by atoms with Crippen molar-refractivity contribution in [2.75, 3.05) is 18.4 Å². The highest BCUT2D eigenvalue weighted by molar-refractivity contribution is 5.48. The van der Waals surface area contributed by atoms with Gasteiger partial charge in [-0.2, -0.15) is 0 Å². The van der Waals surface area contributed by atoms with Gasteiger partial charge in [-0.05, 0) is 37.9 Å². The molecule has 0 saturated carbocycles. The number of hydrogen-bond acceptors (Lipinski definition) is 3. The number of rotatable bonds is 3. The summed E-state index contributed by atoms with van der Waals surface area (Å²) in [6.07, 6.45) is 6.32. The van der Waals surface area contributed by atoms with Crippen molar-refractivity contribution in [2.45, 2.75) is 25.8 Å². The Bertz CT molecular complexity index is 292. The molecule has 0 spiro atoms. The van der Waals surface area contributed by atoms with E-state index in [0.29, 0.717) is 6.04 Å². The Labute approximate surface area is 84.9 Å². The van der Waals surface area contributed by atoms with E-state index in [4.69, 9.17) is 0 Å². The van der Waals surface area contributed by atoms with Gasteiger partial charge in [0.2, 0.25) is 0 Å². The molecule has 0 bridgehead atoms. The van der Waals surface area contributed by atoms with Crippen LogP contribution in [0.2, 0.25) is 0 Å². The topological polar surface area (TPSA) is 37.0 Å². The highest BCUT2D eigenvalue weighted by Crippen LogP contribution is 2.12. The Morgan fingerprint density at radius 1 is 1.64 bits per heavy atom. The van der Waals surface area contributed by atoms with E-state index in [1.165, 1.54) is 30.6 Å². The summed E-state index contributed by atoms with van der Waals surface area (Å²) in [7, 11) is 0. The number of pyridine rings is 1. The predicted molar refractivity (Wildman–Crippen MR) is 58.5 cm³/mol. The molecular formula is C11H17N3. The van der Waals surface area contributed by atoms with Crippen molar-refractivity contribution in [3.63, 3.8) is 0 Å². The van der Waals surface area contributed by atoms with Gasteiger partial charge in [0.15, 0.2) is 0 Å². The van der Waals surface area contributed by atoms with Crippen LogP contribution in [0.3, 0.4) is 0 Å². The first kappa shape index (κ1) is 9.46. The molecule has 0 radical (unpaired) electrons. The van der Waals surface area contributed by atoms with Gasteiger partial charge in [-0.1, -0.05) is 0 Å². The maximum Gasteiger partial charge on any atom is 0.0401 e. The molecule has 1 unspecified atom stereocenters. The minimum atomic E-state index is 0.641. The zero-order chi connectivity index (χ0) is 9.80. The average Bonchev–Trinajstić information content (AvgIpc) is 2.69. The highest BCUT2D eigenvalue weighted by Gasteiger charge is 2.13. The largest absolute Gasteiger partial charge is 0.383 e. The molecule has 1 aliphatic heterocycles. The Hall–Kier alpha value is -1.09. The molecule has 76 valence electrons. The van der Waals surface area contributed by atoms with E-state index in [2.05, 4.69) is 22.5 Å². The van der Waals surface area contributed by atoms with Gasteiger partial charge in [0.05, 0.1) is 0 Å². The summed E-state index contributed by atoms with van der Waals surface area (Å²) in [4.78, 5) is 4.07. The quantitative estimate of drug-likeness (QED) is 0.761. The second-order valence-corrected chi connectivity index (χ2v) is 3.86. The van der Waals surface area contributed by atoms with E-state index >= 15 is 0 Å². The first-order valence-corrected chi connectivity index (χ1v) is 5.24. The van der Waals surface area contributed by atoms with Gasteiger partial charge >= 0.3 is 0 Å². The monoisotopic (exact) mass is 191 g/mol. The molecule has 0 aliphatic carbocycles. The lowest BCUT2D eigenvalue weighted by molar-refractivity contribution is 0.633. The lowest BCUT2D eigenvalue weighted by atomic mass is 10.2. The van der Waals surface area contributed by atoms with Crippen molar-refractivity contribution in [2.24, 2.45) is 0 Å². The van der Waals surface area contributed by atoms with Crippen LogP contribution in [0.1, 0.15) is 18.4 Å².